The van der Waals surface area contributed by atoms with Crippen molar-refractivity contribution in [2.24, 2.45) is 0 Å². The SMILES string of the molecule is C[P+](C)(C)Cc1ccc(C(=O)c2ccc(C[P+](C)(C)C)cc2)cc1.[Br-].[Br-]. The van der Waals surface area contributed by atoms with Crippen molar-refractivity contribution in [2.75, 3.05) is 40.0 Å². The quantitative estimate of drug-likeness (QED) is 0.380. The third-order valence-corrected chi connectivity index (χ3v) is 6.37. The Morgan fingerprint density at radius 3 is 1.12 bits per heavy atom. The first-order valence-corrected chi connectivity index (χ1v) is 15.0. The second-order valence-electron chi connectivity index (χ2n) is 8.62. The Hall–Kier alpha value is -0.0700. The maximum atomic E-state index is 12.7. The van der Waals surface area contributed by atoms with Gasteiger partial charge in [0.25, 0.3) is 0 Å². The minimum absolute atomic E-state index is 0. The van der Waals surface area contributed by atoms with Gasteiger partial charge in [-0.3, -0.25) is 4.79 Å². The lowest BCUT2D eigenvalue weighted by molar-refractivity contribution is -0.001000. The molecule has 0 spiro atoms. The summed E-state index contributed by atoms with van der Waals surface area (Å²) in [5, 5.41) is 0. The smallest absolute Gasteiger partial charge is 0.193 e. The van der Waals surface area contributed by atoms with Gasteiger partial charge in [-0.2, -0.15) is 0 Å². The number of rotatable bonds is 6. The van der Waals surface area contributed by atoms with Gasteiger partial charge in [0, 0.05) is 65.6 Å². The van der Waals surface area contributed by atoms with Gasteiger partial charge >= 0.3 is 0 Å². The number of hydrogen-bond acceptors (Lipinski definition) is 1. The zero-order valence-electron chi connectivity index (χ0n) is 16.6. The Morgan fingerprint density at radius 2 is 0.885 bits per heavy atom. The van der Waals surface area contributed by atoms with Crippen LogP contribution in [-0.4, -0.2) is 45.8 Å². The van der Waals surface area contributed by atoms with E-state index in [0.29, 0.717) is 0 Å². The van der Waals surface area contributed by atoms with Crippen molar-refractivity contribution >= 4 is 20.3 Å². The van der Waals surface area contributed by atoms with Crippen molar-refractivity contribution in [3.63, 3.8) is 0 Å². The molecule has 0 heterocycles. The number of carbonyl (C=O) groups is 1. The van der Waals surface area contributed by atoms with E-state index in [0.717, 1.165) is 23.5 Å². The monoisotopic (exact) mass is 518 g/mol. The highest BCUT2D eigenvalue weighted by Gasteiger charge is 2.19. The van der Waals surface area contributed by atoms with E-state index in [9.17, 15) is 4.79 Å². The van der Waals surface area contributed by atoms with Crippen molar-refractivity contribution in [3.8, 4) is 0 Å². The van der Waals surface area contributed by atoms with Crippen LogP contribution in [0.4, 0.5) is 0 Å². The fraction of sp³-hybridized carbons (Fsp3) is 0.381. The molecular weight excluding hydrogens is 490 g/mol. The van der Waals surface area contributed by atoms with Gasteiger partial charge < -0.3 is 34.0 Å². The average molecular weight is 520 g/mol. The number of ketones is 1. The Balaban J connectivity index is 0.00000312. The highest BCUT2D eigenvalue weighted by molar-refractivity contribution is 7.73. The normalized spacial score (nSPS) is 11.3. The van der Waals surface area contributed by atoms with Gasteiger partial charge in [-0.1, -0.05) is 48.5 Å². The Morgan fingerprint density at radius 1 is 0.615 bits per heavy atom. The maximum absolute atomic E-state index is 12.7. The molecule has 0 bridgehead atoms. The molecule has 26 heavy (non-hydrogen) atoms. The van der Waals surface area contributed by atoms with Crippen molar-refractivity contribution < 1.29 is 38.8 Å². The first-order chi connectivity index (χ1) is 11.0. The summed E-state index contributed by atoms with van der Waals surface area (Å²) in [5.41, 5.74) is 4.22. The summed E-state index contributed by atoms with van der Waals surface area (Å²) < 4.78 is 0. The van der Waals surface area contributed by atoms with Crippen molar-refractivity contribution in [1.29, 1.82) is 0 Å². The van der Waals surface area contributed by atoms with Crippen LogP contribution in [0.1, 0.15) is 27.0 Å². The first-order valence-electron chi connectivity index (χ1n) is 8.37. The molecule has 1 nitrogen and oxygen atoms in total. The maximum Gasteiger partial charge on any atom is 0.193 e. The number of benzene rings is 2. The van der Waals surface area contributed by atoms with Gasteiger partial charge in [0.15, 0.2) is 5.78 Å². The predicted octanol–water partition coefficient (Wildman–Crippen LogP) is -0.260. The molecule has 0 aromatic heterocycles. The number of hydrogen-bond donors (Lipinski definition) is 0. The minimum atomic E-state index is -0.840. The largest absolute Gasteiger partial charge is 1.00 e. The van der Waals surface area contributed by atoms with Crippen molar-refractivity contribution in [1.82, 2.24) is 0 Å². The number of carbonyl (C=O) groups excluding carboxylic acids is 1. The van der Waals surface area contributed by atoms with Gasteiger partial charge in [0.05, 0.1) is 12.3 Å². The van der Waals surface area contributed by atoms with E-state index in [-0.39, 0.29) is 39.7 Å². The van der Waals surface area contributed by atoms with E-state index in [1.54, 1.807) is 0 Å². The molecule has 0 saturated carbocycles. The molecule has 0 aliphatic rings. The van der Waals surface area contributed by atoms with Gasteiger partial charge in [0.2, 0.25) is 0 Å². The topological polar surface area (TPSA) is 17.1 Å². The van der Waals surface area contributed by atoms with E-state index in [2.05, 4.69) is 64.3 Å². The van der Waals surface area contributed by atoms with E-state index in [1.807, 2.05) is 24.3 Å². The summed E-state index contributed by atoms with van der Waals surface area (Å²) >= 11 is 0. The van der Waals surface area contributed by atoms with E-state index in [1.165, 1.54) is 11.1 Å². The third kappa shape index (κ3) is 8.75. The molecule has 5 heteroatoms. The molecular formula is C21H30Br2OP2. The van der Waals surface area contributed by atoms with Gasteiger partial charge in [-0.15, -0.1) is 0 Å². The predicted molar refractivity (Wildman–Crippen MR) is 113 cm³/mol. The van der Waals surface area contributed by atoms with Crippen LogP contribution in [0.5, 0.6) is 0 Å². The van der Waals surface area contributed by atoms with Crippen LogP contribution in [-0.2, 0) is 12.3 Å². The molecule has 2 aromatic rings. The minimum Gasteiger partial charge on any atom is -1.00 e. The second kappa shape index (κ2) is 10.5. The van der Waals surface area contributed by atoms with Crippen LogP contribution in [0.3, 0.4) is 0 Å². The van der Waals surface area contributed by atoms with E-state index < -0.39 is 14.5 Å². The molecule has 2 rings (SSSR count). The fourth-order valence-electron chi connectivity index (χ4n) is 2.79. The summed E-state index contributed by atoms with van der Waals surface area (Å²) in [6.45, 7) is 14.0. The van der Waals surface area contributed by atoms with Crippen molar-refractivity contribution in [3.05, 3.63) is 70.8 Å². The highest BCUT2D eigenvalue weighted by Crippen LogP contribution is 2.50. The van der Waals surface area contributed by atoms with Crippen LogP contribution in [0.25, 0.3) is 0 Å². The summed E-state index contributed by atoms with van der Waals surface area (Å²) in [4.78, 5) is 12.7. The molecule has 2 aromatic carbocycles. The molecule has 0 aliphatic carbocycles. The lowest BCUT2D eigenvalue weighted by Gasteiger charge is -2.12. The van der Waals surface area contributed by atoms with Crippen LogP contribution in [0.2, 0.25) is 0 Å². The lowest BCUT2D eigenvalue weighted by Crippen LogP contribution is -3.00. The van der Waals surface area contributed by atoms with Crippen LogP contribution < -0.4 is 34.0 Å². The zero-order chi connectivity index (χ0) is 18.0. The van der Waals surface area contributed by atoms with E-state index in [4.69, 9.17) is 0 Å². The second-order valence-corrected chi connectivity index (χ2v) is 18.4. The first kappa shape index (κ1) is 25.9. The van der Waals surface area contributed by atoms with Gasteiger partial charge in [0.1, 0.15) is 0 Å². The summed E-state index contributed by atoms with van der Waals surface area (Å²) in [5.74, 6) is 0.115. The summed E-state index contributed by atoms with van der Waals surface area (Å²) in [6, 6.07) is 16.3. The molecule has 0 radical (unpaired) electrons. The van der Waals surface area contributed by atoms with Crippen LogP contribution in [0, 0.1) is 0 Å². The molecule has 0 saturated heterocycles. The molecule has 144 valence electrons. The van der Waals surface area contributed by atoms with Gasteiger partial charge in [-0.05, 0) is 11.1 Å². The molecule has 0 N–H and O–H groups in total. The number of halogens is 2. The average Bonchev–Trinajstić information content (AvgIpc) is 2.45. The summed E-state index contributed by atoms with van der Waals surface area (Å²) in [6.07, 6.45) is 2.26. The van der Waals surface area contributed by atoms with Crippen molar-refractivity contribution in [2.45, 2.75) is 12.3 Å². The standard InChI is InChI=1S/C21H30OP2.2BrH/c1-23(2,3)15-17-7-11-19(12-8-17)21(22)20-13-9-18(10-14-20)16-24(4,5)6;;/h7-14H,15-16H2,1-6H3;2*1H/q+2;;/p-2. The summed E-state index contributed by atoms with van der Waals surface area (Å²) in [7, 11) is -1.68. The lowest BCUT2D eigenvalue weighted by atomic mass is 10.0. The molecule has 0 unspecified atom stereocenters. The fourth-order valence-corrected chi connectivity index (χ4v) is 5.40. The Labute approximate surface area is 181 Å². The zero-order valence-corrected chi connectivity index (χ0v) is 21.6. The van der Waals surface area contributed by atoms with Crippen LogP contribution in [0.15, 0.2) is 48.5 Å². The van der Waals surface area contributed by atoms with E-state index >= 15 is 0 Å². The highest BCUT2D eigenvalue weighted by atomic mass is 79.9. The Bertz CT molecular complexity index is 635. The molecule has 0 amide bonds. The third-order valence-electron chi connectivity index (χ3n) is 3.75. The van der Waals surface area contributed by atoms with Crippen LogP contribution >= 0.6 is 14.5 Å². The van der Waals surface area contributed by atoms with Gasteiger partial charge in [-0.25, -0.2) is 0 Å². The molecule has 0 atom stereocenters. The Kier molecular flexibility index (Phi) is 10.4. The molecule has 0 fully saturated rings. The molecule has 0 aliphatic heterocycles.